The van der Waals surface area contributed by atoms with E-state index in [9.17, 15) is 17.6 Å². The summed E-state index contributed by atoms with van der Waals surface area (Å²) in [5.74, 6) is -8.52. The Labute approximate surface area is 171 Å². The van der Waals surface area contributed by atoms with Crippen molar-refractivity contribution >= 4 is 0 Å². The summed E-state index contributed by atoms with van der Waals surface area (Å²) in [5.41, 5.74) is -0.275. The fourth-order valence-corrected chi connectivity index (χ4v) is 3.55. The van der Waals surface area contributed by atoms with Crippen molar-refractivity contribution in [2.24, 2.45) is 5.92 Å². The average molecular weight is 423 g/mol. The van der Waals surface area contributed by atoms with Crippen LogP contribution in [0.3, 0.4) is 0 Å². The van der Waals surface area contributed by atoms with Gasteiger partial charge in [0.25, 0.3) is 5.97 Å². The first-order chi connectivity index (χ1) is 13.7. The second-order valence-electron chi connectivity index (χ2n) is 7.60. The highest BCUT2D eigenvalue weighted by Crippen LogP contribution is 2.34. The van der Waals surface area contributed by atoms with E-state index in [0.717, 1.165) is 32.1 Å². The number of halogens is 4. The zero-order chi connectivity index (χ0) is 22.0. The summed E-state index contributed by atoms with van der Waals surface area (Å²) in [6, 6.07) is 0.688. The zero-order valence-electron chi connectivity index (χ0n) is 18.1. The summed E-state index contributed by atoms with van der Waals surface area (Å²) >= 11 is 0. The molecule has 3 nitrogen and oxygen atoms in total. The van der Waals surface area contributed by atoms with Gasteiger partial charge in [-0.25, -0.2) is 17.6 Å². The number of rotatable bonds is 14. The van der Waals surface area contributed by atoms with E-state index in [2.05, 4.69) is 6.92 Å². The lowest BCUT2D eigenvalue weighted by molar-refractivity contribution is -0.398. The van der Waals surface area contributed by atoms with Crippen molar-refractivity contribution in [1.29, 1.82) is 0 Å². The number of benzene rings is 1. The summed E-state index contributed by atoms with van der Waals surface area (Å²) in [6.45, 7) is 5.74. The third kappa shape index (κ3) is 7.23. The van der Waals surface area contributed by atoms with E-state index in [0.29, 0.717) is 12.5 Å². The van der Waals surface area contributed by atoms with Gasteiger partial charge in [0.1, 0.15) is 0 Å². The van der Waals surface area contributed by atoms with Gasteiger partial charge in [0.2, 0.25) is 0 Å². The van der Waals surface area contributed by atoms with E-state index < -0.39 is 35.2 Å². The van der Waals surface area contributed by atoms with E-state index >= 15 is 0 Å². The Kier molecular flexibility index (Phi) is 11.1. The predicted octanol–water partition coefficient (Wildman–Crippen LogP) is 6.52. The number of methoxy groups -OCH3 is 2. The fourth-order valence-electron chi connectivity index (χ4n) is 3.55. The van der Waals surface area contributed by atoms with Crippen LogP contribution >= 0.6 is 0 Å². The molecule has 0 aliphatic rings. The SMILES string of the molecule is CCCCCCCCC(Cc1cc(F)c(F)c(F)c1F)C(OC)(OC)OC(C)C. The fraction of sp³-hybridized carbons (Fsp3) is 0.727. The summed E-state index contributed by atoms with van der Waals surface area (Å²) < 4.78 is 71.9. The van der Waals surface area contributed by atoms with Crippen LogP contribution in [0.4, 0.5) is 17.6 Å². The van der Waals surface area contributed by atoms with Crippen molar-refractivity contribution in [2.45, 2.75) is 84.2 Å². The molecule has 29 heavy (non-hydrogen) atoms. The Morgan fingerprint density at radius 2 is 1.45 bits per heavy atom. The van der Waals surface area contributed by atoms with Crippen LogP contribution in [0.1, 0.15) is 71.3 Å². The van der Waals surface area contributed by atoms with E-state index in [4.69, 9.17) is 14.2 Å². The second-order valence-corrected chi connectivity index (χ2v) is 7.60. The molecule has 1 rings (SSSR count). The minimum absolute atomic E-state index is 0.122. The molecule has 7 heteroatoms. The van der Waals surface area contributed by atoms with Crippen LogP contribution in [-0.4, -0.2) is 26.3 Å². The van der Waals surface area contributed by atoms with Crippen LogP contribution in [0.15, 0.2) is 6.07 Å². The normalized spacial score (nSPS) is 13.3. The highest BCUT2D eigenvalue weighted by atomic mass is 19.2. The van der Waals surface area contributed by atoms with Gasteiger partial charge in [0.05, 0.1) is 6.10 Å². The molecule has 0 amide bonds. The summed E-state index contributed by atoms with van der Waals surface area (Å²) in [5, 5.41) is 0. The average Bonchev–Trinajstić information content (AvgIpc) is 2.69. The van der Waals surface area contributed by atoms with Crippen LogP contribution in [0.25, 0.3) is 0 Å². The van der Waals surface area contributed by atoms with E-state index in [1.165, 1.54) is 20.6 Å². The van der Waals surface area contributed by atoms with Gasteiger partial charge in [0.15, 0.2) is 23.3 Å². The maximum atomic E-state index is 14.3. The Bertz CT molecular complexity index is 619. The van der Waals surface area contributed by atoms with Gasteiger partial charge in [-0.1, -0.05) is 45.4 Å². The molecule has 0 radical (unpaired) electrons. The molecule has 1 aromatic rings. The topological polar surface area (TPSA) is 27.7 Å². The molecule has 0 N–H and O–H groups in total. The Morgan fingerprint density at radius 3 is 2.00 bits per heavy atom. The van der Waals surface area contributed by atoms with Gasteiger partial charge in [-0.15, -0.1) is 0 Å². The number of hydrogen-bond donors (Lipinski definition) is 0. The van der Waals surface area contributed by atoms with E-state index in [-0.39, 0.29) is 18.1 Å². The van der Waals surface area contributed by atoms with Gasteiger partial charge in [-0.2, -0.15) is 0 Å². The molecule has 0 spiro atoms. The second kappa shape index (κ2) is 12.5. The van der Waals surface area contributed by atoms with Crippen molar-refractivity contribution in [3.63, 3.8) is 0 Å². The third-order valence-electron chi connectivity index (χ3n) is 5.02. The highest BCUT2D eigenvalue weighted by molar-refractivity contribution is 5.22. The molecule has 0 aliphatic heterocycles. The van der Waals surface area contributed by atoms with Crippen molar-refractivity contribution < 1.29 is 31.8 Å². The molecule has 1 unspecified atom stereocenters. The molecule has 0 saturated heterocycles. The van der Waals surface area contributed by atoms with Crippen molar-refractivity contribution in [3.05, 3.63) is 34.9 Å². The quantitative estimate of drug-likeness (QED) is 0.112. The Hall–Kier alpha value is -1.18. The maximum Gasteiger partial charge on any atom is 0.285 e. The molecule has 0 aliphatic carbocycles. The number of ether oxygens (including phenoxy) is 3. The lowest BCUT2D eigenvalue weighted by Gasteiger charge is -2.39. The minimum atomic E-state index is -1.82. The van der Waals surface area contributed by atoms with Gasteiger partial charge in [0, 0.05) is 20.1 Å². The standard InChI is InChI=1S/C22H34F4O3/c1-6-7-8-9-10-11-12-17(22(27-4,28-5)29-15(2)3)13-16-14-18(23)20(25)21(26)19(16)24/h14-15,17H,6-13H2,1-5H3. The zero-order valence-corrected chi connectivity index (χ0v) is 18.1. The first kappa shape index (κ1) is 25.9. The van der Waals surface area contributed by atoms with Crippen LogP contribution < -0.4 is 0 Å². The summed E-state index contributed by atoms with van der Waals surface area (Å²) in [4.78, 5) is 0. The van der Waals surface area contributed by atoms with Gasteiger partial charge >= 0.3 is 0 Å². The van der Waals surface area contributed by atoms with E-state index in [1.54, 1.807) is 13.8 Å². The Morgan fingerprint density at radius 1 is 0.862 bits per heavy atom. The molecular weight excluding hydrogens is 388 g/mol. The molecule has 0 saturated carbocycles. The monoisotopic (exact) mass is 422 g/mol. The molecular formula is C22H34F4O3. The first-order valence-corrected chi connectivity index (χ1v) is 10.3. The van der Waals surface area contributed by atoms with Gasteiger partial charge in [-0.05, 0) is 38.3 Å². The highest BCUT2D eigenvalue weighted by Gasteiger charge is 2.42. The number of hydrogen-bond acceptors (Lipinski definition) is 3. The lowest BCUT2D eigenvalue weighted by Crippen LogP contribution is -2.47. The van der Waals surface area contributed by atoms with Crippen LogP contribution in [0.2, 0.25) is 0 Å². The van der Waals surface area contributed by atoms with Gasteiger partial charge < -0.3 is 14.2 Å². The smallest absolute Gasteiger partial charge is 0.285 e. The molecule has 0 heterocycles. The van der Waals surface area contributed by atoms with Gasteiger partial charge in [-0.3, -0.25) is 0 Å². The summed E-state index contributed by atoms with van der Waals surface area (Å²) in [7, 11) is 2.81. The first-order valence-electron chi connectivity index (χ1n) is 10.3. The molecule has 168 valence electrons. The van der Waals surface area contributed by atoms with Crippen molar-refractivity contribution in [2.75, 3.05) is 14.2 Å². The maximum absolute atomic E-state index is 14.3. The molecule has 0 aromatic heterocycles. The van der Waals surface area contributed by atoms with Crippen LogP contribution in [0.5, 0.6) is 0 Å². The Balaban J connectivity index is 3.09. The van der Waals surface area contributed by atoms with Crippen molar-refractivity contribution in [3.8, 4) is 0 Å². The minimum Gasteiger partial charge on any atom is -0.331 e. The van der Waals surface area contributed by atoms with Crippen LogP contribution in [0, 0.1) is 29.2 Å². The summed E-state index contributed by atoms with van der Waals surface area (Å²) in [6.07, 6.45) is 6.38. The predicted molar refractivity (Wildman–Crippen MR) is 104 cm³/mol. The largest absolute Gasteiger partial charge is 0.331 e. The number of unbranched alkanes of at least 4 members (excludes halogenated alkanes) is 5. The lowest BCUT2D eigenvalue weighted by atomic mass is 9.90. The van der Waals surface area contributed by atoms with E-state index in [1.807, 2.05) is 0 Å². The van der Waals surface area contributed by atoms with Crippen molar-refractivity contribution in [1.82, 2.24) is 0 Å². The molecule has 0 bridgehead atoms. The van der Waals surface area contributed by atoms with Crippen LogP contribution in [-0.2, 0) is 20.6 Å². The molecule has 1 atom stereocenters. The molecule has 0 fully saturated rings. The third-order valence-corrected chi connectivity index (χ3v) is 5.02. The molecule has 1 aromatic carbocycles.